The molecule has 1 N–H and O–H groups in total. The number of thioether (sulfide) groups is 1. The molecule has 6 nitrogen and oxygen atoms in total. The zero-order valence-corrected chi connectivity index (χ0v) is 14.7. The number of pyridine rings is 1. The van der Waals surface area contributed by atoms with E-state index in [2.05, 4.69) is 15.2 Å². The predicted molar refractivity (Wildman–Crippen MR) is 95.2 cm³/mol. The Morgan fingerprint density at radius 1 is 1.25 bits per heavy atom. The van der Waals surface area contributed by atoms with Crippen LogP contribution in [0.25, 0.3) is 0 Å². The van der Waals surface area contributed by atoms with Gasteiger partial charge in [0.2, 0.25) is 11.8 Å². The highest BCUT2D eigenvalue weighted by Crippen LogP contribution is 2.32. The lowest BCUT2D eigenvalue weighted by atomic mass is 10.2. The average Bonchev–Trinajstić information content (AvgIpc) is 2.86. The van der Waals surface area contributed by atoms with Gasteiger partial charge in [0.05, 0.1) is 11.4 Å². The van der Waals surface area contributed by atoms with Crippen LogP contribution in [0.3, 0.4) is 0 Å². The predicted octanol–water partition coefficient (Wildman–Crippen LogP) is 1.51. The van der Waals surface area contributed by atoms with Crippen molar-refractivity contribution in [1.82, 2.24) is 15.2 Å². The second-order valence-corrected chi connectivity index (χ2v) is 7.17. The molecular formula is C17H24N4O2S. The van der Waals surface area contributed by atoms with Gasteiger partial charge in [-0.25, -0.2) is 4.98 Å². The van der Waals surface area contributed by atoms with Gasteiger partial charge in [0.1, 0.15) is 11.6 Å². The number of likely N-dealkylation sites (tertiary alicyclic amines) is 1. The minimum absolute atomic E-state index is 0.0387. The summed E-state index contributed by atoms with van der Waals surface area (Å²) in [6.07, 6.45) is 6.83. The Morgan fingerprint density at radius 3 is 2.83 bits per heavy atom. The summed E-state index contributed by atoms with van der Waals surface area (Å²) in [5, 5.41) is 3.76. The molecule has 0 atom stereocenters. The zero-order chi connectivity index (χ0) is 16.8. The maximum atomic E-state index is 12.2. The smallest absolute Gasteiger partial charge is 0.240 e. The molecule has 130 valence electrons. The molecule has 3 heterocycles. The number of amides is 2. The molecule has 2 aliphatic rings. The minimum atomic E-state index is -0.111. The van der Waals surface area contributed by atoms with E-state index >= 15 is 0 Å². The van der Waals surface area contributed by atoms with Gasteiger partial charge in [0, 0.05) is 19.3 Å². The van der Waals surface area contributed by atoms with Crippen LogP contribution in [-0.2, 0) is 9.59 Å². The number of rotatable bonds is 5. The Hall–Kier alpha value is -1.60. The Morgan fingerprint density at radius 2 is 2.04 bits per heavy atom. The second kappa shape index (κ2) is 8.48. The SMILES string of the molecule is O=C(CN1C(=O)CSc2ncccc21)NCCN1CCCCCC1. The standard InChI is InChI=1S/C17H24N4O2S/c22-15(18-8-11-20-9-3-1-2-4-10-20)12-21-14-6-5-7-19-17(14)24-13-16(21)23/h5-7H,1-4,8-13H2,(H,18,22). The highest BCUT2D eigenvalue weighted by molar-refractivity contribution is 8.00. The number of nitrogens with one attached hydrogen (secondary N) is 1. The van der Waals surface area contributed by atoms with Gasteiger partial charge < -0.3 is 10.2 Å². The molecule has 24 heavy (non-hydrogen) atoms. The quantitative estimate of drug-likeness (QED) is 0.874. The monoisotopic (exact) mass is 348 g/mol. The number of aromatic nitrogens is 1. The van der Waals surface area contributed by atoms with Gasteiger partial charge in [-0.3, -0.25) is 14.5 Å². The number of anilines is 1. The van der Waals surface area contributed by atoms with E-state index < -0.39 is 0 Å². The van der Waals surface area contributed by atoms with Gasteiger partial charge >= 0.3 is 0 Å². The van der Waals surface area contributed by atoms with Crippen molar-refractivity contribution in [2.45, 2.75) is 30.7 Å². The fraction of sp³-hybridized carbons (Fsp3) is 0.588. The van der Waals surface area contributed by atoms with Crippen molar-refractivity contribution in [2.24, 2.45) is 0 Å². The number of hydrogen-bond acceptors (Lipinski definition) is 5. The molecule has 1 saturated heterocycles. The topological polar surface area (TPSA) is 65.5 Å². The number of nitrogens with zero attached hydrogens (tertiary/aromatic N) is 3. The fourth-order valence-electron chi connectivity index (χ4n) is 3.13. The molecule has 1 aromatic rings. The highest BCUT2D eigenvalue weighted by atomic mass is 32.2. The zero-order valence-electron chi connectivity index (χ0n) is 13.9. The summed E-state index contributed by atoms with van der Waals surface area (Å²) in [4.78, 5) is 32.6. The Balaban J connectivity index is 1.49. The first-order valence-electron chi connectivity index (χ1n) is 8.61. The summed E-state index contributed by atoms with van der Waals surface area (Å²) in [7, 11) is 0. The van der Waals surface area contributed by atoms with E-state index in [-0.39, 0.29) is 18.4 Å². The maximum absolute atomic E-state index is 12.2. The summed E-state index contributed by atoms with van der Waals surface area (Å²) in [5.41, 5.74) is 0.737. The molecule has 2 aliphatic heterocycles. The number of carbonyl (C=O) groups is 2. The first kappa shape index (κ1) is 17.2. The number of hydrogen-bond donors (Lipinski definition) is 1. The van der Waals surface area contributed by atoms with Crippen LogP contribution in [0.1, 0.15) is 25.7 Å². The molecule has 0 saturated carbocycles. The van der Waals surface area contributed by atoms with Gasteiger partial charge in [0.25, 0.3) is 0 Å². The first-order chi connectivity index (χ1) is 11.7. The van der Waals surface area contributed by atoms with Crippen LogP contribution < -0.4 is 10.2 Å². The molecule has 0 radical (unpaired) electrons. The number of carbonyl (C=O) groups excluding carboxylic acids is 2. The summed E-state index contributed by atoms with van der Waals surface area (Å²) in [6.45, 7) is 3.83. The van der Waals surface area contributed by atoms with Crippen LogP contribution in [0, 0.1) is 0 Å². The lowest BCUT2D eigenvalue weighted by Crippen LogP contribution is -2.45. The van der Waals surface area contributed by atoms with Crippen molar-refractivity contribution in [3.8, 4) is 0 Å². The molecule has 1 fully saturated rings. The fourth-order valence-corrected chi connectivity index (χ4v) is 4.00. The van der Waals surface area contributed by atoms with Crippen LogP contribution in [0.5, 0.6) is 0 Å². The van der Waals surface area contributed by atoms with Crippen molar-refractivity contribution in [2.75, 3.05) is 43.4 Å². The molecule has 3 rings (SSSR count). The van der Waals surface area contributed by atoms with Gasteiger partial charge in [-0.2, -0.15) is 0 Å². The lowest BCUT2D eigenvalue weighted by molar-refractivity contribution is -0.123. The molecule has 0 aliphatic carbocycles. The summed E-state index contributed by atoms with van der Waals surface area (Å²) < 4.78 is 0. The van der Waals surface area contributed by atoms with E-state index in [1.54, 1.807) is 17.2 Å². The molecule has 2 amide bonds. The summed E-state index contributed by atoms with van der Waals surface area (Å²) >= 11 is 1.43. The Labute approximate surface area is 147 Å². The van der Waals surface area contributed by atoms with E-state index in [4.69, 9.17) is 0 Å². The highest BCUT2D eigenvalue weighted by Gasteiger charge is 2.27. The van der Waals surface area contributed by atoms with E-state index in [0.29, 0.717) is 12.3 Å². The third kappa shape index (κ3) is 4.48. The Kier molecular flexibility index (Phi) is 6.09. The van der Waals surface area contributed by atoms with Crippen molar-refractivity contribution < 1.29 is 9.59 Å². The normalized spacial score (nSPS) is 18.8. The lowest BCUT2D eigenvalue weighted by Gasteiger charge is -2.27. The van der Waals surface area contributed by atoms with Crippen LogP contribution >= 0.6 is 11.8 Å². The maximum Gasteiger partial charge on any atom is 0.240 e. The van der Waals surface area contributed by atoms with E-state index in [1.807, 2.05) is 6.07 Å². The van der Waals surface area contributed by atoms with Crippen molar-refractivity contribution >= 4 is 29.3 Å². The van der Waals surface area contributed by atoms with Crippen LogP contribution in [0.2, 0.25) is 0 Å². The minimum Gasteiger partial charge on any atom is -0.353 e. The summed E-state index contributed by atoms with van der Waals surface area (Å²) in [6, 6.07) is 3.64. The molecule has 0 spiro atoms. The summed E-state index contributed by atoms with van der Waals surface area (Å²) in [5.74, 6) is 0.188. The molecular weight excluding hydrogens is 324 g/mol. The van der Waals surface area contributed by atoms with Gasteiger partial charge in [0.15, 0.2) is 0 Å². The molecule has 0 aromatic carbocycles. The van der Waals surface area contributed by atoms with E-state index in [9.17, 15) is 9.59 Å². The van der Waals surface area contributed by atoms with Crippen LogP contribution in [0.4, 0.5) is 5.69 Å². The van der Waals surface area contributed by atoms with Crippen molar-refractivity contribution in [3.63, 3.8) is 0 Å². The molecule has 0 unspecified atom stereocenters. The van der Waals surface area contributed by atoms with E-state index in [0.717, 1.165) is 30.3 Å². The van der Waals surface area contributed by atoms with Crippen molar-refractivity contribution in [3.05, 3.63) is 18.3 Å². The van der Waals surface area contributed by atoms with E-state index in [1.165, 1.54) is 37.4 Å². The third-order valence-electron chi connectivity index (χ3n) is 4.43. The molecule has 0 bridgehead atoms. The third-order valence-corrected chi connectivity index (χ3v) is 5.41. The molecule has 7 heteroatoms. The largest absolute Gasteiger partial charge is 0.353 e. The van der Waals surface area contributed by atoms with Crippen LogP contribution in [-0.4, -0.2) is 60.2 Å². The van der Waals surface area contributed by atoms with Gasteiger partial charge in [-0.05, 0) is 38.1 Å². The number of fused-ring (bicyclic) bond motifs is 1. The van der Waals surface area contributed by atoms with Gasteiger partial charge in [-0.15, -0.1) is 0 Å². The van der Waals surface area contributed by atoms with Crippen molar-refractivity contribution in [1.29, 1.82) is 0 Å². The average molecular weight is 348 g/mol. The Bertz CT molecular complexity index is 588. The van der Waals surface area contributed by atoms with Gasteiger partial charge in [-0.1, -0.05) is 24.6 Å². The molecule has 1 aromatic heterocycles. The van der Waals surface area contributed by atoms with Crippen LogP contribution in [0.15, 0.2) is 23.4 Å². The second-order valence-electron chi connectivity index (χ2n) is 6.20. The first-order valence-corrected chi connectivity index (χ1v) is 9.60.